The number of hydrogen-bond acceptors (Lipinski definition) is 3. The van der Waals surface area contributed by atoms with Gasteiger partial charge in [-0.25, -0.2) is 4.39 Å². The number of rotatable bonds is 5. The van der Waals surface area contributed by atoms with Crippen molar-refractivity contribution in [3.63, 3.8) is 0 Å². The number of benzene rings is 2. The average Bonchev–Trinajstić information content (AvgIpc) is 2.70. The molecule has 148 valence electrons. The van der Waals surface area contributed by atoms with Crippen molar-refractivity contribution in [2.45, 2.75) is 39.7 Å². The van der Waals surface area contributed by atoms with Gasteiger partial charge in [-0.1, -0.05) is 35.9 Å². The first-order valence-corrected chi connectivity index (χ1v) is 9.77. The molecule has 1 unspecified atom stereocenters. The van der Waals surface area contributed by atoms with E-state index in [0.29, 0.717) is 24.3 Å². The van der Waals surface area contributed by atoms with E-state index < -0.39 is 0 Å². The van der Waals surface area contributed by atoms with E-state index in [1.807, 2.05) is 38.1 Å². The van der Waals surface area contributed by atoms with Crippen LogP contribution in [0.15, 0.2) is 42.5 Å². The number of amides is 1. The molecule has 0 saturated carbocycles. The Morgan fingerprint density at radius 2 is 1.71 bits per heavy atom. The van der Waals surface area contributed by atoms with Gasteiger partial charge in [-0.15, -0.1) is 0 Å². The minimum absolute atomic E-state index is 0.000381. The molecule has 0 aromatic heterocycles. The van der Waals surface area contributed by atoms with Crippen molar-refractivity contribution >= 4 is 17.4 Å². The Morgan fingerprint density at radius 1 is 1.07 bits per heavy atom. The van der Waals surface area contributed by atoms with Gasteiger partial charge in [0.1, 0.15) is 5.82 Å². The number of carbonyl (C=O) groups is 2. The van der Waals surface area contributed by atoms with Crippen LogP contribution in [0.1, 0.15) is 41.3 Å². The summed E-state index contributed by atoms with van der Waals surface area (Å²) in [5, 5.41) is 2.78. The van der Waals surface area contributed by atoms with Crippen molar-refractivity contribution < 1.29 is 14.0 Å². The number of piperidine rings is 1. The molecule has 4 nitrogen and oxygen atoms in total. The fourth-order valence-corrected chi connectivity index (χ4v) is 3.59. The SMILES string of the molecule is Cc1ccc(C(=O)C2CCN(C(C)C(=O)Nc3ccc(C)c(F)c3)CC2)cc1. The minimum atomic E-state index is -0.334. The molecule has 1 saturated heterocycles. The summed E-state index contributed by atoms with van der Waals surface area (Å²) in [5.74, 6) is -0.306. The maximum Gasteiger partial charge on any atom is 0.241 e. The predicted octanol–water partition coefficient (Wildman–Crippen LogP) is 4.36. The smallest absolute Gasteiger partial charge is 0.241 e. The maximum absolute atomic E-state index is 13.7. The standard InChI is InChI=1S/C23H27FN2O2/c1-15-4-7-18(8-5-15)22(27)19-10-12-26(13-11-19)17(3)23(28)25-20-9-6-16(2)21(24)14-20/h4-9,14,17,19H,10-13H2,1-3H3,(H,25,28). The predicted molar refractivity (Wildman–Crippen MR) is 109 cm³/mol. The van der Waals surface area contributed by atoms with Gasteiger partial charge in [0.05, 0.1) is 6.04 Å². The normalized spacial score (nSPS) is 16.6. The summed E-state index contributed by atoms with van der Waals surface area (Å²) in [7, 11) is 0. The molecule has 1 fully saturated rings. The summed E-state index contributed by atoms with van der Waals surface area (Å²) in [6.45, 7) is 6.93. The molecular weight excluding hydrogens is 355 g/mol. The number of ketones is 1. The van der Waals surface area contributed by atoms with Gasteiger partial charge >= 0.3 is 0 Å². The lowest BCUT2D eigenvalue weighted by Crippen LogP contribution is -2.47. The first-order chi connectivity index (χ1) is 13.3. The first kappa shape index (κ1) is 20.2. The van der Waals surface area contributed by atoms with Crippen LogP contribution < -0.4 is 5.32 Å². The second-order valence-electron chi connectivity index (χ2n) is 7.67. The van der Waals surface area contributed by atoms with Gasteiger partial charge in [-0.2, -0.15) is 0 Å². The maximum atomic E-state index is 13.7. The fourth-order valence-electron chi connectivity index (χ4n) is 3.59. The number of halogens is 1. The Kier molecular flexibility index (Phi) is 6.25. The molecule has 1 aliphatic rings. The number of nitrogens with one attached hydrogen (secondary N) is 1. The van der Waals surface area contributed by atoms with Crippen molar-refractivity contribution in [1.82, 2.24) is 4.90 Å². The minimum Gasteiger partial charge on any atom is -0.325 e. The van der Waals surface area contributed by atoms with Gasteiger partial charge in [0.15, 0.2) is 5.78 Å². The van der Waals surface area contributed by atoms with Gasteiger partial charge in [0, 0.05) is 17.2 Å². The van der Waals surface area contributed by atoms with E-state index in [9.17, 15) is 14.0 Å². The zero-order valence-electron chi connectivity index (χ0n) is 16.7. The molecule has 1 amide bonds. The second-order valence-corrected chi connectivity index (χ2v) is 7.67. The molecule has 3 rings (SSSR count). The highest BCUT2D eigenvalue weighted by Gasteiger charge is 2.30. The molecule has 2 aromatic carbocycles. The summed E-state index contributed by atoms with van der Waals surface area (Å²) >= 11 is 0. The number of nitrogens with zero attached hydrogens (tertiary/aromatic N) is 1. The van der Waals surface area contributed by atoms with E-state index in [4.69, 9.17) is 0 Å². The Hall–Kier alpha value is -2.53. The molecule has 5 heteroatoms. The van der Waals surface area contributed by atoms with Crippen molar-refractivity contribution in [3.05, 3.63) is 65.0 Å². The molecule has 2 aromatic rings. The Labute approximate surface area is 165 Å². The van der Waals surface area contributed by atoms with Gasteiger partial charge < -0.3 is 5.32 Å². The van der Waals surface area contributed by atoms with E-state index in [1.165, 1.54) is 6.07 Å². The summed E-state index contributed by atoms with van der Waals surface area (Å²) in [6.07, 6.45) is 1.48. The molecule has 0 radical (unpaired) electrons. The van der Waals surface area contributed by atoms with Gasteiger partial charge in [0.2, 0.25) is 5.91 Å². The van der Waals surface area contributed by atoms with E-state index >= 15 is 0 Å². The second kappa shape index (κ2) is 8.65. The van der Waals surface area contributed by atoms with Crippen LogP contribution >= 0.6 is 0 Å². The third kappa shape index (κ3) is 4.65. The lowest BCUT2D eigenvalue weighted by molar-refractivity contribution is -0.121. The lowest BCUT2D eigenvalue weighted by Gasteiger charge is -2.34. The quantitative estimate of drug-likeness (QED) is 0.782. The molecule has 0 spiro atoms. The molecule has 1 heterocycles. The topological polar surface area (TPSA) is 49.4 Å². The zero-order valence-corrected chi connectivity index (χ0v) is 16.7. The molecule has 0 aliphatic carbocycles. The van der Waals surface area contributed by atoms with Crippen LogP contribution in [0.3, 0.4) is 0 Å². The molecule has 0 bridgehead atoms. The van der Waals surface area contributed by atoms with Crippen LogP contribution in [0.4, 0.5) is 10.1 Å². The van der Waals surface area contributed by atoms with E-state index in [0.717, 1.165) is 24.0 Å². The van der Waals surface area contributed by atoms with E-state index in [2.05, 4.69) is 10.2 Å². The molecule has 28 heavy (non-hydrogen) atoms. The fraction of sp³-hybridized carbons (Fsp3) is 0.391. The van der Waals surface area contributed by atoms with Gasteiger partial charge in [0.25, 0.3) is 0 Å². The van der Waals surface area contributed by atoms with Crippen LogP contribution in [0.25, 0.3) is 0 Å². The summed E-state index contributed by atoms with van der Waals surface area (Å²) in [6, 6.07) is 12.1. The van der Waals surface area contributed by atoms with Gasteiger partial charge in [-0.3, -0.25) is 14.5 Å². The van der Waals surface area contributed by atoms with Crippen LogP contribution in [-0.2, 0) is 4.79 Å². The van der Waals surface area contributed by atoms with Crippen molar-refractivity contribution in [3.8, 4) is 0 Å². The first-order valence-electron chi connectivity index (χ1n) is 9.77. The van der Waals surface area contributed by atoms with Crippen LogP contribution in [0.5, 0.6) is 0 Å². The third-order valence-electron chi connectivity index (χ3n) is 5.60. The highest BCUT2D eigenvalue weighted by atomic mass is 19.1. The highest BCUT2D eigenvalue weighted by Crippen LogP contribution is 2.24. The van der Waals surface area contributed by atoms with Gasteiger partial charge in [-0.05, 0) is 64.4 Å². The van der Waals surface area contributed by atoms with Crippen LogP contribution in [0, 0.1) is 25.6 Å². The van der Waals surface area contributed by atoms with Crippen molar-refractivity contribution in [1.29, 1.82) is 0 Å². The van der Waals surface area contributed by atoms with Crippen molar-refractivity contribution in [2.24, 2.45) is 5.92 Å². The van der Waals surface area contributed by atoms with Crippen molar-refractivity contribution in [2.75, 3.05) is 18.4 Å². The Bertz CT molecular complexity index is 855. The number of hydrogen-bond donors (Lipinski definition) is 1. The molecule has 1 N–H and O–H groups in total. The summed E-state index contributed by atoms with van der Waals surface area (Å²) in [5.41, 5.74) is 2.91. The number of anilines is 1. The Balaban J connectivity index is 1.54. The molecular formula is C23H27FN2O2. The van der Waals surface area contributed by atoms with E-state index in [1.54, 1.807) is 19.1 Å². The molecule has 1 aliphatic heterocycles. The number of carbonyl (C=O) groups excluding carboxylic acids is 2. The van der Waals surface area contributed by atoms with E-state index in [-0.39, 0.29) is 29.5 Å². The summed E-state index contributed by atoms with van der Waals surface area (Å²) < 4.78 is 13.7. The number of aryl methyl sites for hydroxylation is 2. The largest absolute Gasteiger partial charge is 0.325 e. The number of Topliss-reactive ketones (excluding diaryl/α,β-unsaturated/α-hetero) is 1. The number of likely N-dealkylation sites (tertiary alicyclic amines) is 1. The lowest BCUT2D eigenvalue weighted by atomic mass is 9.88. The van der Waals surface area contributed by atoms with Crippen LogP contribution in [-0.4, -0.2) is 35.7 Å². The van der Waals surface area contributed by atoms with Crippen LogP contribution in [0.2, 0.25) is 0 Å². The molecule has 1 atom stereocenters. The zero-order chi connectivity index (χ0) is 20.3. The monoisotopic (exact) mass is 382 g/mol. The highest BCUT2D eigenvalue weighted by molar-refractivity contribution is 5.98. The third-order valence-corrected chi connectivity index (χ3v) is 5.60. The summed E-state index contributed by atoms with van der Waals surface area (Å²) in [4.78, 5) is 27.3. The average molecular weight is 382 g/mol. The Morgan fingerprint density at radius 3 is 2.32 bits per heavy atom.